The lowest BCUT2D eigenvalue weighted by molar-refractivity contribution is -0.291. The molecule has 0 aliphatic carbocycles. The molecule has 208 valence electrons. The van der Waals surface area contributed by atoms with Crippen LogP contribution in [0.3, 0.4) is 0 Å². The second-order valence-electron chi connectivity index (χ2n) is 10.8. The summed E-state index contributed by atoms with van der Waals surface area (Å²) in [7, 11) is 1.60. The van der Waals surface area contributed by atoms with Gasteiger partial charge in [0.1, 0.15) is 29.1 Å². The molecule has 2 aliphatic rings. The highest BCUT2D eigenvalue weighted by atomic mass is 16.7. The van der Waals surface area contributed by atoms with Crippen LogP contribution in [0.15, 0.2) is 66.1 Å². The molecule has 4 atom stereocenters. The Hall–Kier alpha value is -3.59. The molecule has 39 heavy (non-hydrogen) atoms. The molecule has 0 bridgehead atoms. The number of aromatic hydroxyl groups is 1. The number of phenols is 1. The van der Waals surface area contributed by atoms with Crippen LogP contribution < -0.4 is 14.8 Å². The Balaban J connectivity index is 1.49. The molecule has 0 spiro atoms. The van der Waals surface area contributed by atoms with Crippen molar-refractivity contribution in [3.05, 3.63) is 82.8 Å². The Morgan fingerprint density at radius 1 is 1.21 bits per heavy atom. The van der Waals surface area contributed by atoms with Crippen molar-refractivity contribution in [1.82, 2.24) is 5.32 Å². The number of carbonyl (C=O) groups is 1. The normalized spacial score (nSPS) is 23.7. The van der Waals surface area contributed by atoms with Gasteiger partial charge in [0.15, 0.2) is 0 Å². The molecule has 1 saturated heterocycles. The lowest BCUT2D eigenvalue weighted by Gasteiger charge is -2.47. The topological polar surface area (TPSA) is 106 Å². The monoisotopic (exact) mass is 535 g/mol. The number of nitrogens with one attached hydrogen (secondary N) is 1. The van der Waals surface area contributed by atoms with Crippen molar-refractivity contribution in [2.45, 2.75) is 65.1 Å². The third kappa shape index (κ3) is 6.19. The number of rotatable bonds is 7. The summed E-state index contributed by atoms with van der Waals surface area (Å²) in [5.41, 5.74) is 2.68. The van der Waals surface area contributed by atoms with Crippen LogP contribution in [0.2, 0.25) is 0 Å². The number of methoxy groups -OCH3 is 1. The molecule has 2 aliphatic heterocycles. The van der Waals surface area contributed by atoms with Crippen LogP contribution in [0.4, 0.5) is 0 Å². The summed E-state index contributed by atoms with van der Waals surface area (Å²) in [6.07, 6.45) is 2.23. The summed E-state index contributed by atoms with van der Waals surface area (Å²) < 4.78 is 23.5. The molecule has 8 nitrogen and oxygen atoms in total. The molecule has 3 unspecified atom stereocenters. The van der Waals surface area contributed by atoms with E-state index in [4.69, 9.17) is 18.9 Å². The van der Waals surface area contributed by atoms with Crippen molar-refractivity contribution in [2.24, 2.45) is 5.92 Å². The largest absolute Gasteiger partial charge is 0.508 e. The molecule has 4 rings (SSSR count). The number of hydrogen-bond acceptors (Lipinski definition) is 7. The average Bonchev–Trinajstić information content (AvgIpc) is 2.87. The SMILES string of the molecule is C=C1Oc2cc(OC3OC(C)(C)C(OC)C(C)[C@H]3O)ccc2C=C1NC(=O)c1ccc(O)c(CC=C(C)C)c1. The van der Waals surface area contributed by atoms with Crippen LogP contribution in [0.1, 0.15) is 56.1 Å². The van der Waals surface area contributed by atoms with Gasteiger partial charge in [-0.1, -0.05) is 25.2 Å². The lowest BCUT2D eigenvalue weighted by Crippen LogP contribution is -2.60. The van der Waals surface area contributed by atoms with Crippen molar-refractivity contribution in [1.29, 1.82) is 0 Å². The average molecular weight is 536 g/mol. The van der Waals surface area contributed by atoms with Crippen molar-refractivity contribution in [2.75, 3.05) is 7.11 Å². The molecule has 8 heteroatoms. The third-order valence-electron chi connectivity index (χ3n) is 7.04. The highest BCUT2D eigenvalue weighted by Crippen LogP contribution is 2.38. The van der Waals surface area contributed by atoms with Crippen LogP contribution in [0.25, 0.3) is 6.08 Å². The Morgan fingerprint density at radius 3 is 2.64 bits per heavy atom. The van der Waals surface area contributed by atoms with Crippen LogP contribution in [0.5, 0.6) is 17.2 Å². The molecule has 0 saturated carbocycles. The summed E-state index contributed by atoms with van der Waals surface area (Å²) in [5, 5.41) is 23.8. The van der Waals surface area contributed by atoms with Crippen molar-refractivity contribution in [3.63, 3.8) is 0 Å². The number of allylic oxidation sites excluding steroid dienone is 2. The zero-order chi connectivity index (χ0) is 28.5. The number of fused-ring (bicyclic) bond motifs is 1. The summed E-state index contributed by atoms with van der Waals surface area (Å²) in [4.78, 5) is 13.0. The van der Waals surface area contributed by atoms with E-state index in [0.717, 1.165) is 11.1 Å². The number of ether oxygens (including phenoxy) is 4. The number of aliphatic hydroxyl groups is 1. The van der Waals surface area contributed by atoms with E-state index >= 15 is 0 Å². The Bertz CT molecular complexity index is 1320. The minimum atomic E-state index is -0.890. The van der Waals surface area contributed by atoms with Gasteiger partial charge in [-0.2, -0.15) is 0 Å². The standard InChI is InChI=1S/C31H37NO7/c1-17(2)8-9-20-14-22(11-13-25(20)33)29(35)32-24-15-21-10-12-23(16-26(21)37-19(24)4)38-30-27(34)18(3)28(36-7)31(5,6)39-30/h8,10-16,18,27-28,30,33-34H,4,9H2,1-3,5-7H3,(H,32,35)/t18?,27-,28?,30?/m1/s1. The predicted octanol–water partition coefficient (Wildman–Crippen LogP) is 5.10. The minimum Gasteiger partial charge on any atom is -0.508 e. The van der Waals surface area contributed by atoms with Gasteiger partial charge < -0.3 is 34.5 Å². The van der Waals surface area contributed by atoms with E-state index < -0.39 is 18.0 Å². The van der Waals surface area contributed by atoms with Gasteiger partial charge >= 0.3 is 0 Å². The van der Waals surface area contributed by atoms with E-state index in [0.29, 0.717) is 34.7 Å². The molecular formula is C31H37NO7. The molecule has 0 aromatic heterocycles. The number of aliphatic hydroxyl groups excluding tert-OH is 1. The maximum absolute atomic E-state index is 13.0. The third-order valence-corrected chi connectivity index (χ3v) is 7.04. The van der Waals surface area contributed by atoms with E-state index in [-0.39, 0.29) is 29.4 Å². The number of phenolic OH excluding ortho intramolecular Hbond substituents is 1. The van der Waals surface area contributed by atoms with Gasteiger partial charge in [-0.25, -0.2) is 0 Å². The fraction of sp³-hybridized carbons (Fsp3) is 0.387. The molecule has 0 radical (unpaired) electrons. The summed E-state index contributed by atoms with van der Waals surface area (Å²) >= 11 is 0. The first-order chi connectivity index (χ1) is 18.4. The maximum atomic E-state index is 13.0. The second kappa shape index (κ2) is 11.3. The van der Waals surface area contributed by atoms with E-state index in [1.54, 1.807) is 43.5 Å². The van der Waals surface area contributed by atoms with Gasteiger partial charge in [-0.3, -0.25) is 4.79 Å². The molecule has 3 N–H and O–H groups in total. The number of amides is 1. The Morgan fingerprint density at radius 2 is 1.95 bits per heavy atom. The minimum absolute atomic E-state index is 0.142. The van der Waals surface area contributed by atoms with Gasteiger partial charge in [-0.05, 0) is 76.1 Å². The van der Waals surface area contributed by atoms with E-state index in [9.17, 15) is 15.0 Å². The van der Waals surface area contributed by atoms with Crippen LogP contribution in [-0.2, 0) is 15.9 Å². The molecular weight excluding hydrogens is 498 g/mol. The van der Waals surface area contributed by atoms with Crippen molar-refractivity contribution < 1.29 is 34.0 Å². The number of benzene rings is 2. The smallest absolute Gasteiger partial charge is 0.255 e. The van der Waals surface area contributed by atoms with E-state index in [1.165, 1.54) is 6.07 Å². The van der Waals surface area contributed by atoms with Gasteiger partial charge in [0, 0.05) is 30.2 Å². The molecule has 2 heterocycles. The molecule has 2 aromatic rings. The van der Waals surface area contributed by atoms with E-state index in [1.807, 2.05) is 40.7 Å². The quantitative estimate of drug-likeness (QED) is 0.424. The first-order valence-corrected chi connectivity index (χ1v) is 12.9. The fourth-order valence-electron chi connectivity index (χ4n) is 4.95. The summed E-state index contributed by atoms with van der Waals surface area (Å²) in [6.45, 7) is 13.6. The highest BCUT2D eigenvalue weighted by Gasteiger charge is 2.49. The Labute approximate surface area is 229 Å². The summed E-state index contributed by atoms with van der Waals surface area (Å²) in [6, 6.07) is 10.0. The highest BCUT2D eigenvalue weighted by molar-refractivity contribution is 5.97. The lowest BCUT2D eigenvalue weighted by atomic mass is 9.83. The number of carbonyl (C=O) groups excluding carboxylic acids is 1. The molecule has 1 amide bonds. The first kappa shape index (κ1) is 28.4. The maximum Gasteiger partial charge on any atom is 0.255 e. The first-order valence-electron chi connectivity index (χ1n) is 12.9. The molecule has 2 aromatic carbocycles. The zero-order valence-corrected chi connectivity index (χ0v) is 23.3. The van der Waals surface area contributed by atoms with Crippen molar-refractivity contribution in [3.8, 4) is 17.2 Å². The predicted molar refractivity (Wildman–Crippen MR) is 148 cm³/mol. The van der Waals surface area contributed by atoms with Gasteiger partial charge in [0.05, 0.1) is 17.4 Å². The van der Waals surface area contributed by atoms with Gasteiger partial charge in [0.2, 0.25) is 6.29 Å². The van der Waals surface area contributed by atoms with Gasteiger partial charge in [-0.15, -0.1) is 0 Å². The fourth-order valence-corrected chi connectivity index (χ4v) is 4.95. The van der Waals surface area contributed by atoms with Crippen LogP contribution >= 0.6 is 0 Å². The summed E-state index contributed by atoms with van der Waals surface area (Å²) in [5.74, 6) is 0.812. The Kier molecular flexibility index (Phi) is 8.20. The second-order valence-corrected chi connectivity index (χ2v) is 10.8. The van der Waals surface area contributed by atoms with Crippen molar-refractivity contribution >= 4 is 12.0 Å². The number of hydrogen-bond donors (Lipinski definition) is 3. The molecule has 1 fully saturated rings. The van der Waals surface area contributed by atoms with Crippen LogP contribution in [-0.4, -0.2) is 47.3 Å². The van der Waals surface area contributed by atoms with Crippen LogP contribution in [0, 0.1) is 5.92 Å². The van der Waals surface area contributed by atoms with Gasteiger partial charge in [0.25, 0.3) is 5.91 Å². The van der Waals surface area contributed by atoms with E-state index in [2.05, 4.69) is 11.9 Å². The zero-order valence-electron chi connectivity index (χ0n) is 23.3.